The smallest absolute Gasteiger partial charge is 0.167 e. The maximum absolute atomic E-state index is 14.0. The normalized spacial score (nSPS) is 16.3. The van der Waals surface area contributed by atoms with Crippen LogP contribution < -0.4 is 10.4 Å². The Kier molecular flexibility index (Phi) is 9.57. The Hall–Kier alpha value is -4.75. The molecular formula is C36H30O. The van der Waals surface area contributed by atoms with Crippen molar-refractivity contribution in [2.75, 3.05) is 0 Å². The van der Waals surface area contributed by atoms with Gasteiger partial charge in [0.15, 0.2) is 5.78 Å². The second-order valence-electron chi connectivity index (χ2n) is 8.41. The van der Waals surface area contributed by atoms with E-state index in [1.165, 1.54) is 0 Å². The van der Waals surface area contributed by atoms with Crippen molar-refractivity contribution in [1.82, 2.24) is 0 Å². The number of ketones is 1. The third-order valence-corrected chi connectivity index (χ3v) is 5.84. The third kappa shape index (κ3) is 7.37. The van der Waals surface area contributed by atoms with Crippen molar-refractivity contribution in [2.24, 2.45) is 0 Å². The summed E-state index contributed by atoms with van der Waals surface area (Å²) >= 11 is 0. The zero-order valence-electron chi connectivity index (χ0n) is 20.8. The van der Waals surface area contributed by atoms with E-state index in [2.05, 4.69) is 36.4 Å². The molecule has 0 N–H and O–H groups in total. The van der Waals surface area contributed by atoms with Crippen molar-refractivity contribution < 1.29 is 4.79 Å². The van der Waals surface area contributed by atoms with E-state index in [1.54, 1.807) is 0 Å². The van der Waals surface area contributed by atoms with Crippen LogP contribution in [0.25, 0.3) is 22.4 Å². The first-order valence-corrected chi connectivity index (χ1v) is 12.5. The predicted molar refractivity (Wildman–Crippen MR) is 157 cm³/mol. The molecule has 180 valence electrons. The summed E-state index contributed by atoms with van der Waals surface area (Å²) < 4.78 is 0. The van der Waals surface area contributed by atoms with Crippen LogP contribution in [0.3, 0.4) is 0 Å². The first-order valence-electron chi connectivity index (χ1n) is 12.5. The molecule has 0 saturated heterocycles. The van der Waals surface area contributed by atoms with Gasteiger partial charge in [0.2, 0.25) is 0 Å². The van der Waals surface area contributed by atoms with Crippen LogP contribution in [0.4, 0.5) is 0 Å². The lowest BCUT2D eigenvalue weighted by Crippen LogP contribution is -2.28. The zero-order chi connectivity index (χ0) is 25.5. The molecule has 0 aliphatic heterocycles. The van der Waals surface area contributed by atoms with Gasteiger partial charge in [0.25, 0.3) is 0 Å². The van der Waals surface area contributed by atoms with Gasteiger partial charge in [-0.25, -0.2) is 0 Å². The van der Waals surface area contributed by atoms with Gasteiger partial charge in [-0.05, 0) is 26.8 Å². The number of allylic oxidation sites excluding steroid dienone is 4. The lowest BCUT2D eigenvalue weighted by atomic mass is 9.93. The van der Waals surface area contributed by atoms with Crippen LogP contribution in [0.2, 0.25) is 0 Å². The molecule has 0 atom stereocenters. The topological polar surface area (TPSA) is 17.1 Å². The maximum Gasteiger partial charge on any atom is 0.167 e. The van der Waals surface area contributed by atoms with Gasteiger partial charge >= 0.3 is 0 Å². The Balaban J connectivity index is 2.35. The first-order chi connectivity index (χ1) is 18.3. The molecule has 0 fully saturated rings. The van der Waals surface area contributed by atoms with Crippen LogP contribution in [-0.2, 0) is 4.79 Å². The molecule has 0 aromatic heterocycles. The van der Waals surface area contributed by atoms with E-state index in [9.17, 15) is 4.79 Å². The lowest BCUT2D eigenvalue weighted by molar-refractivity contribution is -0.113. The van der Waals surface area contributed by atoms with E-state index in [0.717, 1.165) is 26.8 Å². The Morgan fingerprint density at radius 3 is 1.70 bits per heavy atom. The van der Waals surface area contributed by atoms with Gasteiger partial charge in [-0.1, -0.05) is 170 Å². The van der Waals surface area contributed by atoms with Gasteiger partial charge in [0.1, 0.15) is 0 Å². The minimum Gasteiger partial charge on any atom is -0.294 e. The summed E-state index contributed by atoms with van der Waals surface area (Å²) in [6, 6.07) is 46.5. The summed E-state index contributed by atoms with van der Waals surface area (Å²) in [4.78, 5) is 14.0. The van der Waals surface area contributed by atoms with Gasteiger partial charge < -0.3 is 0 Å². The fourth-order valence-electron chi connectivity index (χ4n) is 4.11. The molecule has 0 bridgehead atoms. The molecule has 37 heavy (non-hydrogen) atoms. The van der Waals surface area contributed by atoms with Crippen molar-refractivity contribution in [3.8, 4) is 0 Å². The van der Waals surface area contributed by atoms with Gasteiger partial charge in [0.05, 0.1) is 0 Å². The second kappa shape index (κ2) is 14.0. The van der Waals surface area contributed by atoms with Gasteiger partial charge in [-0.2, -0.15) is 0 Å². The molecule has 4 rings (SSSR count). The largest absolute Gasteiger partial charge is 0.294 e. The lowest BCUT2D eigenvalue weighted by Gasteiger charge is -2.09. The molecule has 0 spiro atoms. The number of carbonyl (C=O) groups is 1. The number of hydrogen-bond donors (Lipinski definition) is 0. The summed E-state index contributed by atoms with van der Waals surface area (Å²) in [5.74, 6) is 0.0649. The Morgan fingerprint density at radius 1 is 0.486 bits per heavy atom. The highest BCUT2D eigenvalue weighted by molar-refractivity contribution is 6.23. The Morgan fingerprint density at radius 2 is 1.03 bits per heavy atom. The van der Waals surface area contributed by atoms with Crippen molar-refractivity contribution in [2.45, 2.75) is 6.42 Å². The highest BCUT2D eigenvalue weighted by Crippen LogP contribution is 2.22. The average molecular weight is 479 g/mol. The van der Waals surface area contributed by atoms with Crippen LogP contribution in [0.1, 0.15) is 12.0 Å². The average Bonchev–Trinajstić information content (AvgIpc) is 2.91. The quantitative estimate of drug-likeness (QED) is 0.359. The van der Waals surface area contributed by atoms with Crippen molar-refractivity contribution in [3.63, 3.8) is 0 Å². The molecule has 1 aliphatic rings. The van der Waals surface area contributed by atoms with Crippen LogP contribution >= 0.6 is 0 Å². The van der Waals surface area contributed by atoms with Gasteiger partial charge in [-0.3, -0.25) is 4.79 Å². The fourth-order valence-corrected chi connectivity index (χ4v) is 4.11. The number of carbonyl (C=O) groups excluding carboxylic acids is 1. The van der Waals surface area contributed by atoms with Crippen LogP contribution in [0.5, 0.6) is 0 Å². The minimum atomic E-state index is 0.0649. The van der Waals surface area contributed by atoms with E-state index in [0.29, 0.717) is 12.0 Å². The number of fused-ring (bicyclic) bond motifs is 2. The molecule has 3 aromatic carbocycles. The monoisotopic (exact) mass is 478 g/mol. The van der Waals surface area contributed by atoms with E-state index >= 15 is 0 Å². The van der Waals surface area contributed by atoms with Gasteiger partial charge in [0, 0.05) is 12.0 Å². The molecule has 1 heteroatoms. The summed E-state index contributed by atoms with van der Waals surface area (Å²) in [5, 5.41) is 3.84. The summed E-state index contributed by atoms with van der Waals surface area (Å²) in [7, 11) is 0. The van der Waals surface area contributed by atoms with Crippen LogP contribution in [0, 0.1) is 0 Å². The van der Waals surface area contributed by atoms with E-state index in [1.807, 2.05) is 133 Å². The molecule has 1 aliphatic carbocycles. The molecule has 1 nitrogen and oxygen atoms in total. The third-order valence-electron chi connectivity index (χ3n) is 5.84. The summed E-state index contributed by atoms with van der Waals surface area (Å²) in [6.07, 6.45) is 10.2. The molecular weight excluding hydrogens is 448 g/mol. The van der Waals surface area contributed by atoms with Crippen molar-refractivity contribution in [3.05, 3.63) is 180 Å². The number of Topliss-reactive ketones (excluding diaryl/α,β-unsaturated/α-hetero) is 1. The van der Waals surface area contributed by atoms with Crippen molar-refractivity contribution >= 4 is 28.2 Å². The van der Waals surface area contributed by atoms with E-state index in [4.69, 9.17) is 0 Å². The second-order valence-corrected chi connectivity index (χ2v) is 8.41. The zero-order valence-corrected chi connectivity index (χ0v) is 20.8. The SMILES string of the molecule is O=C1C\C=C/C=C\C=c2\cccccccc\c2=C\1c1cccccccc2ccccccccc12. The highest BCUT2D eigenvalue weighted by atomic mass is 16.1. The van der Waals surface area contributed by atoms with Gasteiger partial charge in [-0.15, -0.1) is 0 Å². The van der Waals surface area contributed by atoms with Crippen molar-refractivity contribution in [1.29, 1.82) is 0 Å². The molecule has 3 aromatic rings. The first kappa shape index (κ1) is 25.3. The molecule has 0 radical (unpaired) electrons. The molecule has 0 unspecified atom stereocenters. The maximum atomic E-state index is 14.0. The summed E-state index contributed by atoms with van der Waals surface area (Å²) in [6.45, 7) is 0. The van der Waals surface area contributed by atoms with E-state index < -0.39 is 0 Å². The van der Waals surface area contributed by atoms with Crippen LogP contribution in [-0.4, -0.2) is 5.78 Å². The molecule has 0 amide bonds. The fraction of sp³-hybridized carbons (Fsp3) is 0.0278. The summed E-state index contributed by atoms with van der Waals surface area (Å²) in [5.41, 5.74) is 1.57. The standard InChI is InChI=1S/C36H30O/c37-35-29-21-13-12-17-25-31-24-16-7-2-4-10-19-27-33(31)36(35)34-28-20-11-5-8-15-23-30-22-14-6-1-3-9-18-26-32(30)34/h1-28H,29H2/b3-1?,6-1?,7-2?,8-5?,9-3?,10-4?,11-5?,14-6?,15-8?,17-12-,18-9?,20-11?,21-13-,22-14?,23-15?,24-16?,26-18?,27-19?,28-20?,30-22?,30-23?,31-25-,32-26?,32-30?,34-28?,34-32?,36-33-. The van der Waals surface area contributed by atoms with E-state index in [-0.39, 0.29) is 5.78 Å². The predicted octanol–water partition coefficient (Wildman–Crippen LogP) is 7.28. The molecule has 0 heterocycles. The Bertz CT molecular complexity index is 1610. The minimum absolute atomic E-state index is 0.0649. The highest BCUT2D eigenvalue weighted by Gasteiger charge is 2.14. The molecule has 0 saturated carbocycles. The Labute approximate surface area is 219 Å². The number of rotatable bonds is 1. The van der Waals surface area contributed by atoms with Crippen LogP contribution in [0.15, 0.2) is 164 Å². The number of hydrogen-bond acceptors (Lipinski definition) is 1.